The Balaban J connectivity index is 2.50. The van der Waals surface area contributed by atoms with Crippen molar-refractivity contribution >= 4 is 12.1 Å². The van der Waals surface area contributed by atoms with E-state index in [1.54, 1.807) is 6.20 Å². The average Bonchev–Trinajstić information content (AvgIpc) is 2.34. The number of fused-ring (bicyclic) bond motifs is 1. The number of nitrogens with zero attached hydrogens (tertiary/aromatic N) is 2. The van der Waals surface area contributed by atoms with Crippen LogP contribution in [0.5, 0.6) is 0 Å². The Hall–Kier alpha value is -1.25. The van der Waals surface area contributed by atoms with Gasteiger partial charge in [0.05, 0.1) is 6.21 Å². The molecular weight excluding hydrogens is 131 g/mol. The van der Waals surface area contributed by atoms with Crippen molar-refractivity contribution in [3.05, 3.63) is 23.7 Å². The predicted molar refractivity (Wildman–Crippen MR) is 37.8 cm³/mol. The van der Waals surface area contributed by atoms with Gasteiger partial charge in [0.1, 0.15) is 5.83 Å². The number of rotatable bonds is 0. The van der Waals surface area contributed by atoms with Crippen LogP contribution >= 0.6 is 0 Å². The molecule has 0 aromatic heterocycles. The maximum Gasteiger partial charge on any atom is 0.158 e. The maximum atomic E-state index is 12.7. The Kier molecular flexibility index (Phi) is 1.03. The van der Waals surface area contributed by atoms with E-state index in [4.69, 9.17) is 0 Å². The zero-order valence-corrected chi connectivity index (χ0v) is 5.21. The highest BCUT2D eigenvalue weighted by Crippen LogP contribution is 2.21. The third kappa shape index (κ3) is 0.635. The molecule has 0 fully saturated rings. The van der Waals surface area contributed by atoms with Crippen molar-refractivity contribution in [3.8, 4) is 0 Å². The van der Waals surface area contributed by atoms with Crippen LogP contribution in [0.15, 0.2) is 33.7 Å². The molecule has 2 aliphatic rings. The van der Waals surface area contributed by atoms with Crippen LogP contribution in [0.2, 0.25) is 0 Å². The van der Waals surface area contributed by atoms with E-state index in [9.17, 15) is 4.39 Å². The molecule has 2 heterocycles. The molecule has 0 spiro atoms. The molecule has 0 N–H and O–H groups in total. The van der Waals surface area contributed by atoms with Crippen molar-refractivity contribution in [1.29, 1.82) is 0 Å². The van der Waals surface area contributed by atoms with Gasteiger partial charge >= 0.3 is 0 Å². The van der Waals surface area contributed by atoms with Gasteiger partial charge in [-0.05, 0) is 6.42 Å². The highest BCUT2D eigenvalue weighted by atomic mass is 19.1. The Labute approximate surface area is 57.5 Å². The van der Waals surface area contributed by atoms with Crippen LogP contribution in [0.1, 0.15) is 6.42 Å². The van der Waals surface area contributed by atoms with Gasteiger partial charge in [-0.1, -0.05) is 6.08 Å². The lowest BCUT2D eigenvalue weighted by atomic mass is 10.1. The van der Waals surface area contributed by atoms with Gasteiger partial charge in [-0.15, -0.1) is 0 Å². The SMILES string of the molecule is FC1=C2CC=CN=C2N=C1. The summed E-state index contributed by atoms with van der Waals surface area (Å²) >= 11 is 0. The number of amidine groups is 1. The second kappa shape index (κ2) is 1.87. The smallest absolute Gasteiger partial charge is 0.158 e. The summed E-state index contributed by atoms with van der Waals surface area (Å²) in [7, 11) is 0. The quantitative estimate of drug-likeness (QED) is 0.483. The molecule has 0 saturated carbocycles. The van der Waals surface area contributed by atoms with Gasteiger partial charge in [0, 0.05) is 11.8 Å². The molecule has 0 atom stereocenters. The molecule has 3 heteroatoms. The molecule has 0 saturated heterocycles. The number of hydrogen-bond acceptors (Lipinski definition) is 2. The van der Waals surface area contributed by atoms with Gasteiger partial charge in [0.2, 0.25) is 0 Å². The van der Waals surface area contributed by atoms with Gasteiger partial charge in [0.25, 0.3) is 0 Å². The first-order valence-electron chi connectivity index (χ1n) is 3.04. The second-order valence-electron chi connectivity index (χ2n) is 2.13. The highest BCUT2D eigenvalue weighted by Gasteiger charge is 2.17. The van der Waals surface area contributed by atoms with Gasteiger partial charge in [0.15, 0.2) is 5.84 Å². The van der Waals surface area contributed by atoms with E-state index >= 15 is 0 Å². The number of hydrogen-bond donors (Lipinski definition) is 0. The number of aliphatic imine (C=N–C) groups is 2. The fraction of sp³-hybridized carbons (Fsp3) is 0.143. The van der Waals surface area contributed by atoms with E-state index in [0.717, 1.165) is 0 Å². The van der Waals surface area contributed by atoms with Crippen LogP contribution in [0.4, 0.5) is 4.39 Å². The summed E-state index contributed by atoms with van der Waals surface area (Å²) in [4.78, 5) is 7.65. The number of halogens is 1. The third-order valence-corrected chi connectivity index (χ3v) is 1.48. The first kappa shape index (κ1) is 5.53. The molecule has 0 aromatic rings. The van der Waals surface area contributed by atoms with E-state index in [1.165, 1.54) is 6.21 Å². The zero-order chi connectivity index (χ0) is 6.97. The van der Waals surface area contributed by atoms with E-state index in [0.29, 0.717) is 17.8 Å². The summed E-state index contributed by atoms with van der Waals surface area (Å²) in [5.74, 6) is 0.281. The molecule has 2 nitrogen and oxygen atoms in total. The molecule has 0 aromatic carbocycles. The lowest BCUT2D eigenvalue weighted by Crippen LogP contribution is -1.97. The monoisotopic (exact) mass is 136 g/mol. The Bertz CT molecular complexity index is 284. The Morgan fingerprint density at radius 1 is 1.50 bits per heavy atom. The molecule has 2 rings (SSSR count). The molecule has 0 bridgehead atoms. The van der Waals surface area contributed by atoms with Crippen LogP contribution in [-0.4, -0.2) is 12.1 Å². The van der Waals surface area contributed by atoms with Crippen LogP contribution in [0.25, 0.3) is 0 Å². The summed E-state index contributed by atoms with van der Waals surface area (Å²) in [6.45, 7) is 0. The van der Waals surface area contributed by atoms with Gasteiger partial charge in [-0.25, -0.2) is 14.4 Å². The molecular formula is C7H5FN2. The summed E-state index contributed by atoms with van der Waals surface area (Å²) in [6, 6.07) is 0. The molecule has 0 unspecified atom stereocenters. The zero-order valence-electron chi connectivity index (χ0n) is 5.21. The summed E-state index contributed by atoms with van der Waals surface area (Å²) in [5, 5.41) is 0. The van der Waals surface area contributed by atoms with Crippen molar-refractivity contribution in [2.75, 3.05) is 0 Å². The van der Waals surface area contributed by atoms with E-state index in [-0.39, 0.29) is 5.83 Å². The van der Waals surface area contributed by atoms with Crippen LogP contribution in [-0.2, 0) is 0 Å². The third-order valence-electron chi connectivity index (χ3n) is 1.48. The maximum absolute atomic E-state index is 12.7. The van der Waals surface area contributed by atoms with Gasteiger partial charge in [-0.3, -0.25) is 0 Å². The molecule has 2 aliphatic heterocycles. The lowest BCUT2D eigenvalue weighted by molar-refractivity contribution is 0.680. The van der Waals surface area contributed by atoms with E-state index in [1.807, 2.05) is 6.08 Å². The van der Waals surface area contributed by atoms with E-state index < -0.39 is 0 Å². The van der Waals surface area contributed by atoms with Crippen molar-refractivity contribution in [2.24, 2.45) is 9.98 Å². The van der Waals surface area contributed by atoms with Crippen molar-refractivity contribution in [1.82, 2.24) is 0 Å². The summed E-state index contributed by atoms with van der Waals surface area (Å²) in [6.07, 6.45) is 5.29. The van der Waals surface area contributed by atoms with Crippen LogP contribution < -0.4 is 0 Å². The minimum absolute atomic E-state index is 0.247. The largest absolute Gasteiger partial charge is 0.237 e. The minimum atomic E-state index is -0.247. The molecule has 10 heavy (non-hydrogen) atoms. The van der Waals surface area contributed by atoms with E-state index in [2.05, 4.69) is 9.98 Å². The fourth-order valence-electron chi connectivity index (χ4n) is 0.974. The predicted octanol–water partition coefficient (Wildman–Crippen LogP) is 1.61. The molecule has 0 amide bonds. The molecule has 0 aliphatic carbocycles. The summed E-state index contributed by atoms with van der Waals surface area (Å²) in [5.41, 5.74) is 0.613. The normalized spacial score (nSPS) is 21.5. The topological polar surface area (TPSA) is 24.7 Å². The first-order valence-corrected chi connectivity index (χ1v) is 3.04. The highest BCUT2D eigenvalue weighted by molar-refractivity contribution is 6.13. The molecule has 0 radical (unpaired) electrons. The standard InChI is InChI=1S/C7H5FN2/c8-6-4-10-7-5(6)2-1-3-9-7/h1,3-4H,2H2. The lowest BCUT2D eigenvalue weighted by Gasteiger charge is -2.01. The summed E-state index contributed by atoms with van der Waals surface area (Å²) < 4.78 is 12.7. The average molecular weight is 136 g/mol. The minimum Gasteiger partial charge on any atom is -0.237 e. The van der Waals surface area contributed by atoms with Crippen molar-refractivity contribution in [2.45, 2.75) is 6.42 Å². The van der Waals surface area contributed by atoms with Gasteiger partial charge in [-0.2, -0.15) is 0 Å². The first-order chi connectivity index (χ1) is 4.88. The van der Waals surface area contributed by atoms with Crippen LogP contribution in [0.3, 0.4) is 0 Å². The van der Waals surface area contributed by atoms with Crippen molar-refractivity contribution < 1.29 is 4.39 Å². The van der Waals surface area contributed by atoms with Crippen LogP contribution in [0, 0.1) is 0 Å². The van der Waals surface area contributed by atoms with Gasteiger partial charge < -0.3 is 0 Å². The molecule has 50 valence electrons. The fourth-order valence-corrected chi connectivity index (χ4v) is 0.974. The second-order valence-corrected chi connectivity index (χ2v) is 2.13. The Morgan fingerprint density at radius 2 is 2.40 bits per heavy atom. The number of allylic oxidation sites excluding steroid dienone is 2. The Morgan fingerprint density at radius 3 is 3.20 bits per heavy atom. The van der Waals surface area contributed by atoms with Crippen molar-refractivity contribution in [3.63, 3.8) is 0 Å².